The van der Waals surface area contributed by atoms with Crippen molar-refractivity contribution in [3.8, 4) is 0 Å². The largest absolute Gasteiger partial charge is 0.329 e. The van der Waals surface area contributed by atoms with Crippen LogP contribution in [0.25, 0.3) is 0 Å². The Labute approximate surface area is 129 Å². The zero-order valence-corrected chi connectivity index (χ0v) is 13.7. The summed E-state index contributed by atoms with van der Waals surface area (Å²) in [6, 6.07) is 8.51. The van der Waals surface area contributed by atoms with Crippen LogP contribution in [0.3, 0.4) is 0 Å². The molecular weight excluding hydrogens is 258 g/mol. The van der Waals surface area contributed by atoms with Crippen molar-refractivity contribution in [3.63, 3.8) is 0 Å². The highest BCUT2D eigenvalue weighted by atomic mass is 16.1. The number of carbonyl (C=O) groups is 1. The van der Waals surface area contributed by atoms with E-state index < -0.39 is 0 Å². The molecule has 1 aliphatic carbocycles. The second-order valence-electron chi connectivity index (χ2n) is 7.59. The summed E-state index contributed by atoms with van der Waals surface area (Å²) in [5.41, 5.74) is 8.29. The second-order valence-corrected chi connectivity index (χ2v) is 7.59. The van der Waals surface area contributed by atoms with Gasteiger partial charge in [0.25, 0.3) is 0 Å². The van der Waals surface area contributed by atoms with Crippen LogP contribution in [-0.2, 0) is 16.6 Å². The molecule has 1 saturated carbocycles. The second kappa shape index (κ2) is 6.31. The molecule has 0 spiro atoms. The Morgan fingerprint density at radius 3 is 2.14 bits per heavy atom. The monoisotopic (exact) mass is 287 g/mol. The van der Waals surface area contributed by atoms with Gasteiger partial charge >= 0.3 is 0 Å². The first kappa shape index (κ1) is 16.2. The minimum Gasteiger partial charge on any atom is -0.329 e. The number of ketones is 1. The average Bonchev–Trinajstić information content (AvgIpc) is 2.47. The first-order chi connectivity index (χ1) is 9.87. The topological polar surface area (TPSA) is 43.1 Å². The summed E-state index contributed by atoms with van der Waals surface area (Å²) >= 11 is 0. The fourth-order valence-electron chi connectivity index (χ4n) is 3.32. The SMILES string of the molecule is CC(C)(C)c1ccc(CC(=O)C2(CN)CCCCC2)cc1. The zero-order chi connectivity index (χ0) is 15.5. The third kappa shape index (κ3) is 3.74. The predicted octanol–water partition coefficient (Wildman–Crippen LogP) is 4.00. The van der Waals surface area contributed by atoms with Gasteiger partial charge in [0.15, 0.2) is 0 Å². The third-order valence-electron chi connectivity index (χ3n) is 4.98. The van der Waals surface area contributed by atoms with Crippen LogP contribution in [0, 0.1) is 5.41 Å². The van der Waals surface area contributed by atoms with Crippen molar-refractivity contribution in [1.29, 1.82) is 0 Å². The van der Waals surface area contributed by atoms with Crippen molar-refractivity contribution < 1.29 is 4.79 Å². The number of carbonyl (C=O) groups excluding carboxylic acids is 1. The van der Waals surface area contributed by atoms with Gasteiger partial charge in [0, 0.05) is 18.4 Å². The standard InChI is InChI=1S/C19H29NO/c1-18(2,3)16-9-7-15(8-10-16)13-17(21)19(14-20)11-5-4-6-12-19/h7-10H,4-6,11-14,20H2,1-3H3. The molecule has 1 aromatic rings. The Morgan fingerprint density at radius 2 is 1.67 bits per heavy atom. The number of Topliss-reactive ketones (excluding diaryl/α,β-unsaturated/α-hetero) is 1. The third-order valence-corrected chi connectivity index (χ3v) is 4.98. The lowest BCUT2D eigenvalue weighted by atomic mass is 9.70. The molecule has 0 bridgehead atoms. The minimum absolute atomic E-state index is 0.157. The lowest BCUT2D eigenvalue weighted by Gasteiger charge is -2.34. The van der Waals surface area contributed by atoms with Crippen molar-refractivity contribution in [2.45, 2.75) is 64.7 Å². The van der Waals surface area contributed by atoms with Crippen LogP contribution in [0.15, 0.2) is 24.3 Å². The lowest BCUT2D eigenvalue weighted by molar-refractivity contribution is -0.129. The van der Waals surface area contributed by atoms with E-state index >= 15 is 0 Å². The van der Waals surface area contributed by atoms with E-state index in [9.17, 15) is 4.79 Å². The molecule has 2 nitrogen and oxygen atoms in total. The number of nitrogens with two attached hydrogens (primary N) is 1. The average molecular weight is 287 g/mol. The van der Waals surface area contributed by atoms with E-state index in [0.29, 0.717) is 18.7 Å². The van der Waals surface area contributed by atoms with Gasteiger partial charge in [-0.05, 0) is 29.4 Å². The van der Waals surface area contributed by atoms with Crippen molar-refractivity contribution >= 4 is 5.78 Å². The summed E-state index contributed by atoms with van der Waals surface area (Å²) in [6.45, 7) is 7.13. The fourth-order valence-corrected chi connectivity index (χ4v) is 3.32. The maximum absolute atomic E-state index is 12.7. The van der Waals surface area contributed by atoms with Gasteiger partial charge in [-0.25, -0.2) is 0 Å². The normalized spacial score (nSPS) is 18.5. The van der Waals surface area contributed by atoms with Gasteiger partial charge in [-0.2, -0.15) is 0 Å². The number of rotatable bonds is 4. The molecule has 21 heavy (non-hydrogen) atoms. The van der Waals surface area contributed by atoms with Gasteiger partial charge < -0.3 is 5.73 Å². The Kier molecular flexibility index (Phi) is 4.88. The maximum Gasteiger partial charge on any atom is 0.144 e. The van der Waals surface area contributed by atoms with E-state index in [4.69, 9.17) is 5.73 Å². The van der Waals surface area contributed by atoms with Crippen molar-refractivity contribution in [2.75, 3.05) is 6.54 Å². The fraction of sp³-hybridized carbons (Fsp3) is 0.632. The van der Waals surface area contributed by atoms with Crippen LogP contribution < -0.4 is 5.73 Å². The van der Waals surface area contributed by atoms with Crippen molar-refractivity contribution in [3.05, 3.63) is 35.4 Å². The predicted molar refractivity (Wildman–Crippen MR) is 88.4 cm³/mol. The molecule has 0 radical (unpaired) electrons. The Morgan fingerprint density at radius 1 is 1.10 bits per heavy atom. The van der Waals surface area contributed by atoms with Crippen LogP contribution in [0.5, 0.6) is 0 Å². The zero-order valence-electron chi connectivity index (χ0n) is 13.7. The number of benzene rings is 1. The molecule has 2 N–H and O–H groups in total. The Bertz CT molecular complexity index is 475. The number of hydrogen-bond donors (Lipinski definition) is 1. The van der Waals surface area contributed by atoms with Crippen LogP contribution in [0.1, 0.15) is 64.0 Å². The molecule has 0 unspecified atom stereocenters. The molecule has 1 aromatic carbocycles. The molecule has 0 amide bonds. The Hall–Kier alpha value is -1.15. The molecule has 0 aromatic heterocycles. The van der Waals surface area contributed by atoms with Gasteiger partial charge in [0.2, 0.25) is 0 Å². The summed E-state index contributed by atoms with van der Waals surface area (Å²) < 4.78 is 0. The van der Waals surface area contributed by atoms with E-state index in [-0.39, 0.29) is 10.8 Å². The van der Waals surface area contributed by atoms with Gasteiger partial charge in [0.05, 0.1) is 0 Å². The highest BCUT2D eigenvalue weighted by Gasteiger charge is 2.37. The van der Waals surface area contributed by atoms with E-state index in [1.807, 2.05) is 0 Å². The quantitative estimate of drug-likeness (QED) is 0.909. The van der Waals surface area contributed by atoms with E-state index in [0.717, 1.165) is 31.2 Å². The summed E-state index contributed by atoms with van der Waals surface area (Å²) in [6.07, 6.45) is 6.01. The first-order valence-corrected chi connectivity index (χ1v) is 8.20. The van der Waals surface area contributed by atoms with Crippen LogP contribution >= 0.6 is 0 Å². The number of hydrogen-bond acceptors (Lipinski definition) is 2. The maximum atomic E-state index is 12.7. The molecule has 0 atom stereocenters. The summed E-state index contributed by atoms with van der Waals surface area (Å²) in [4.78, 5) is 12.7. The summed E-state index contributed by atoms with van der Waals surface area (Å²) in [5, 5.41) is 0. The molecule has 1 fully saturated rings. The first-order valence-electron chi connectivity index (χ1n) is 8.20. The molecule has 0 heterocycles. The summed E-state index contributed by atoms with van der Waals surface area (Å²) in [7, 11) is 0. The van der Waals surface area contributed by atoms with Crippen molar-refractivity contribution in [1.82, 2.24) is 0 Å². The Balaban J connectivity index is 2.08. The molecule has 116 valence electrons. The molecule has 0 saturated heterocycles. The van der Waals surface area contributed by atoms with Crippen LogP contribution in [0.4, 0.5) is 0 Å². The van der Waals surface area contributed by atoms with Crippen molar-refractivity contribution in [2.24, 2.45) is 11.1 Å². The van der Waals surface area contributed by atoms with Crippen LogP contribution in [-0.4, -0.2) is 12.3 Å². The highest BCUT2D eigenvalue weighted by molar-refractivity contribution is 5.87. The molecule has 1 aliphatic rings. The van der Waals surface area contributed by atoms with Gasteiger partial charge in [0.1, 0.15) is 5.78 Å². The van der Waals surface area contributed by atoms with E-state index in [1.165, 1.54) is 12.0 Å². The minimum atomic E-state index is -0.249. The van der Waals surface area contributed by atoms with Gasteiger partial charge in [-0.15, -0.1) is 0 Å². The molecule has 2 rings (SSSR count). The van der Waals surface area contributed by atoms with E-state index in [2.05, 4.69) is 45.0 Å². The molecule has 2 heteroatoms. The lowest BCUT2D eigenvalue weighted by Crippen LogP contribution is -2.41. The summed E-state index contributed by atoms with van der Waals surface area (Å²) in [5.74, 6) is 0.341. The highest BCUT2D eigenvalue weighted by Crippen LogP contribution is 2.37. The van der Waals surface area contributed by atoms with Gasteiger partial charge in [-0.3, -0.25) is 4.79 Å². The van der Waals surface area contributed by atoms with Crippen LogP contribution in [0.2, 0.25) is 0 Å². The molecule has 0 aliphatic heterocycles. The van der Waals surface area contributed by atoms with Gasteiger partial charge in [-0.1, -0.05) is 64.3 Å². The smallest absolute Gasteiger partial charge is 0.144 e. The molecular formula is C19H29NO. The van der Waals surface area contributed by atoms with E-state index in [1.54, 1.807) is 0 Å².